The first-order chi connectivity index (χ1) is 12.8. The monoisotopic (exact) mass is 396 g/mol. The summed E-state index contributed by atoms with van der Waals surface area (Å²) in [6.45, 7) is 4.07. The molecule has 7 nitrogen and oxygen atoms in total. The third kappa shape index (κ3) is 4.47. The standard InChI is InChI=1S/C19H25ClN2O5/c1-5-6-7-8-27-18(24)15-11(2)22(3)19(25)21-16(15)12-9-13(20)17(23)14(10-12)26-4/h9-10,16,23H,5-8H2,1-4H3,(H,21,25)/t16-/m0/s1. The van der Waals surface area contributed by atoms with Crippen LogP contribution in [0.4, 0.5) is 4.79 Å². The minimum absolute atomic E-state index is 0.0610. The average Bonchev–Trinajstić information content (AvgIpc) is 2.64. The van der Waals surface area contributed by atoms with Gasteiger partial charge < -0.3 is 24.8 Å². The van der Waals surface area contributed by atoms with Gasteiger partial charge in [0.05, 0.1) is 30.4 Å². The first kappa shape index (κ1) is 20.9. The number of amides is 2. The number of unbranched alkanes of at least 4 members (excludes halogenated alkanes) is 2. The molecule has 0 aromatic heterocycles. The normalized spacial score (nSPS) is 17.0. The topological polar surface area (TPSA) is 88.1 Å². The highest BCUT2D eigenvalue weighted by Crippen LogP contribution is 2.39. The summed E-state index contributed by atoms with van der Waals surface area (Å²) in [4.78, 5) is 26.4. The van der Waals surface area contributed by atoms with E-state index in [9.17, 15) is 14.7 Å². The molecule has 2 rings (SSSR count). The number of halogens is 1. The molecule has 1 aromatic carbocycles. The van der Waals surface area contributed by atoms with Gasteiger partial charge in [0.1, 0.15) is 0 Å². The second kappa shape index (κ2) is 8.99. The fourth-order valence-electron chi connectivity index (χ4n) is 2.86. The third-order valence-corrected chi connectivity index (χ3v) is 4.85. The van der Waals surface area contributed by atoms with Crippen molar-refractivity contribution in [1.82, 2.24) is 10.2 Å². The van der Waals surface area contributed by atoms with Gasteiger partial charge in [0.15, 0.2) is 11.5 Å². The molecule has 0 radical (unpaired) electrons. The van der Waals surface area contributed by atoms with Crippen molar-refractivity contribution >= 4 is 23.6 Å². The molecule has 8 heteroatoms. The predicted octanol–water partition coefficient (Wildman–Crippen LogP) is 3.76. The van der Waals surface area contributed by atoms with Crippen LogP contribution in [0.2, 0.25) is 5.02 Å². The summed E-state index contributed by atoms with van der Waals surface area (Å²) in [6.07, 6.45) is 2.77. The molecule has 0 unspecified atom stereocenters. The molecule has 0 aliphatic carbocycles. The van der Waals surface area contributed by atoms with Gasteiger partial charge in [0.2, 0.25) is 0 Å². The van der Waals surface area contributed by atoms with Crippen LogP contribution >= 0.6 is 11.6 Å². The largest absolute Gasteiger partial charge is 0.503 e. The van der Waals surface area contributed by atoms with E-state index in [0.29, 0.717) is 23.4 Å². The molecular formula is C19H25ClN2O5. The van der Waals surface area contributed by atoms with Gasteiger partial charge in [-0.3, -0.25) is 0 Å². The number of carbonyl (C=O) groups is 2. The molecule has 2 N–H and O–H groups in total. The van der Waals surface area contributed by atoms with E-state index in [-0.39, 0.29) is 22.6 Å². The Labute approximate surface area is 163 Å². The van der Waals surface area contributed by atoms with Crippen molar-refractivity contribution in [3.8, 4) is 11.5 Å². The minimum atomic E-state index is -0.764. The van der Waals surface area contributed by atoms with Gasteiger partial charge in [-0.15, -0.1) is 0 Å². The van der Waals surface area contributed by atoms with Crippen LogP contribution in [0.1, 0.15) is 44.7 Å². The third-order valence-electron chi connectivity index (χ3n) is 4.56. The number of benzene rings is 1. The fraction of sp³-hybridized carbons (Fsp3) is 0.474. The zero-order chi connectivity index (χ0) is 20.1. The maximum Gasteiger partial charge on any atom is 0.338 e. The molecule has 1 atom stereocenters. The number of carbonyl (C=O) groups excluding carboxylic acids is 2. The summed E-state index contributed by atoms with van der Waals surface area (Å²) in [5.74, 6) is -0.547. The van der Waals surface area contributed by atoms with Crippen molar-refractivity contribution in [2.45, 2.75) is 39.2 Å². The van der Waals surface area contributed by atoms with Gasteiger partial charge in [-0.25, -0.2) is 9.59 Å². The number of aromatic hydroxyl groups is 1. The highest BCUT2D eigenvalue weighted by Gasteiger charge is 2.35. The number of hydrogen-bond acceptors (Lipinski definition) is 5. The smallest absolute Gasteiger partial charge is 0.338 e. The molecule has 148 valence electrons. The number of rotatable bonds is 7. The van der Waals surface area contributed by atoms with Crippen molar-refractivity contribution in [3.63, 3.8) is 0 Å². The SMILES string of the molecule is CCCCCOC(=O)C1=C(C)N(C)C(=O)N[C@H]1c1cc(Cl)c(O)c(OC)c1. The summed E-state index contributed by atoms with van der Waals surface area (Å²) < 4.78 is 10.5. The molecule has 1 heterocycles. The van der Waals surface area contributed by atoms with E-state index in [1.165, 1.54) is 24.1 Å². The van der Waals surface area contributed by atoms with E-state index >= 15 is 0 Å². The zero-order valence-electron chi connectivity index (χ0n) is 16.0. The molecule has 0 bridgehead atoms. The molecular weight excluding hydrogens is 372 g/mol. The quantitative estimate of drug-likeness (QED) is 0.541. The van der Waals surface area contributed by atoms with Crippen LogP contribution in [0.15, 0.2) is 23.4 Å². The number of urea groups is 1. The van der Waals surface area contributed by atoms with Crippen molar-refractivity contribution < 1.29 is 24.2 Å². The van der Waals surface area contributed by atoms with E-state index in [2.05, 4.69) is 12.2 Å². The number of phenolic OH excluding ortho intramolecular Hbond substituents is 1. The molecule has 0 fully saturated rings. The lowest BCUT2D eigenvalue weighted by atomic mass is 9.94. The van der Waals surface area contributed by atoms with Crippen molar-refractivity contribution in [2.75, 3.05) is 20.8 Å². The Kier molecular flexibility index (Phi) is 6.96. The van der Waals surface area contributed by atoms with Gasteiger partial charge in [0, 0.05) is 12.7 Å². The van der Waals surface area contributed by atoms with Crippen LogP contribution in [0.5, 0.6) is 11.5 Å². The predicted molar refractivity (Wildman–Crippen MR) is 102 cm³/mol. The van der Waals surface area contributed by atoms with E-state index < -0.39 is 12.0 Å². The van der Waals surface area contributed by atoms with Gasteiger partial charge in [-0.05, 0) is 31.0 Å². The van der Waals surface area contributed by atoms with Crippen LogP contribution in [-0.4, -0.2) is 42.8 Å². The Morgan fingerprint density at radius 3 is 2.70 bits per heavy atom. The summed E-state index contributed by atoms with van der Waals surface area (Å²) >= 11 is 6.08. The van der Waals surface area contributed by atoms with Crippen LogP contribution in [-0.2, 0) is 9.53 Å². The summed E-state index contributed by atoms with van der Waals surface area (Å²) in [5.41, 5.74) is 1.32. The Morgan fingerprint density at radius 1 is 1.37 bits per heavy atom. The zero-order valence-corrected chi connectivity index (χ0v) is 16.7. The van der Waals surface area contributed by atoms with Gasteiger partial charge in [0.25, 0.3) is 0 Å². The number of ether oxygens (including phenoxy) is 2. The summed E-state index contributed by atoms with van der Waals surface area (Å²) in [7, 11) is 2.97. The summed E-state index contributed by atoms with van der Waals surface area (Å²) in [5, 5.41) is 12.8. The number of methoxy groups -OCH3 is 1. The average molecular weight is 397 g/mol. The maximum atomic E-state index is 12.7. The van der Waals surface area contributed by atoms with Crippen LogP contribution in [0.3, 0.4) is 0 Å². The highest BCUT2D eigenvalue weighted by atomic mass is 35.5. The van der Waals surface area contributed by atoms with Crippen molar-refractivity contribution in [2.24, 2.45) is 0 Å². The molecule has 1 aliphatic heterocycles. The Morgan fingerprint density at radius 2 is 2.07 bits per heavy atom. The molecule has 0 saturated heterocycles. The second-order valence-electron chi connectivity index (χ2n) is 6.34. The molecule has 0 spiro atoms. The lowest BCUT2D eigenvalue weighted by Gasteiger charge is -2.33. The van der Waals surface area contributed by atoms with Crippen LogP contribution in [0, 0.1) is 0 Å². The van der Waals surface area contributed by atoms with E-state index in [1.54, 1.807) is 14.0 Å². The number of hydrogen-bond donors (Lipinski definition) is 2. The molecule has 0 saturated carbocycles. The number of nitrogens with zero attached hydrogens (tertiary/aromatic N) is 1. The van der Waals surface area contributed by atoms with Crippen LogP contribution in [0.25, 0.3) is 0 Å². The summed E-state index contributed by atoms with van der Waals surface area (Å²) in [6, 6.07) is 1.91. The Balaban J connectivity index is 2.42. The number of phenols is 1. The van der Waals surface area contributed by atoms with Gasteiger partial charge in [-0.1, -0.05) is 31.4 Å². The van der Waals surface area contributed by atoms with Crippen molar-refractivity contribution in [3.05, 3.63) is 34.0 Å². The van der Waals surface area contributed by atoms with Gasteiger partial charge >= 0.3 is 12.0 Å². The molecule has 2 amide bonds. The minimum Gasteiger partial charge on any atom is -0.503 e. The van der Waals surface area contributed by atoms with E-state index in [0.717, 1.165) is 19.3 Å². The van der Waals surface area contributed by atoms with E-state index in [4.69, 9.17) is 21.1 Å². The highest BCUT2D eigenvalue weighted by molar-refractivity contribution is 6.32. The first-order valence-electron chi connectivity index (χ1n) is 8.80. The van der Waals surface area contributed by atoms with E-state index in [1.807, 2.05) is 0 Å². The molecule has 1 aliphatic rings. The Hall–Kier alpha value is -2.41. The first-order valence-corrected chi connectivity index (χ1v) is 9.18. The van der Waals surface area contributed by atoms with Gasteiger partial charge in [-0.2, -0.15) is 0 Å². The molecule has 27 heavy (non-hydrogen) atoms. The Bertz CT molecular complexity index is 763. The lowest BCUT2D eigenvalue weighted by Crippen LogP contribution is -2.46. The van der Waals surface area contributed by atoms with Crippen molar-refractivity contribution in [1.29, 1.82) is 0 Å². The lowest BCUT2D eigenvalue weighted by molar-refractivity contribution is -0.139. The number of nitrogens with one attached hydrogen (secondary N) is 1. The van der Waals surface area contributed by atoms with Crippen LogP contribution < -0.4 is 10.1 Å². The maximum absolute atomic E-state index is 12.7. The second-order valence-corrected chi connectivity index (χ2v) is 6.74. The number of allylic oxidation sites excluding steroid dienone is 1. The fourth-order valence-corrected chi connectivity index (χ4v) is 3.08. The number of esters is 1. The molecule has 1 aromatic rings.